The number of amides is 5. The summed E-state index contributed by atoms with van der Waals surface area (Å²) < 4.78 is 45.2. The van der Waals surface area contributed by atoms with Crippen molar-refractivity contribution < 1.29 is 46.6 Å². The van der Waals surface area contributed by atoms with E-state index in [4.69, 9.17) is 14.2 Å². The summed E-state index contributed by atoms with van der Waals surface area (Å²) in [5.74, 6) is -1.83. The zero-order valence-electron chi connectivity index (χ0n) is 33.6. The minimum Gasteiger partial charge on any atom is -0.492 e. The molecule has 1 unspecified atom stereocenters. The van der Waals surface area contributed by atoms with Gasteiger partial charge in [-0.05, 0) is 82.6 Å². The molecule has 1 aromatic carbocycles. The van der Waals surface area contributed by atoms with Crippen molar-refractivity contribution in [3.8, 4) is 5.75 Å². The summed E-state index contributed by atoms with van der Waals surface area (Å²) in [7, 11) is -3.91. The Kier molecular flexibility index (Phi) is 12.8. The molecule has 4 N–H and O–H groups in total. The highest BCUT2D eigenvalue weighted by Gasteiger charge is 2.62. The molecule has 5 aliphatic rings. The molecule has 2 saturated carbocycles. The van der Waals surface area contributed by atoms with E-state index in [9.17, 15) is 32.4 Å². The van der Waals surface area contributed by atoms with E-state index in [1.807, 2.05) is 30.4 Å². The number of hydrogen-bond donors (Lipinski definition) is 4. The number of alkyl carbamates (subject to hydrolysis) is 1. The molecule has 5 atom stereocenters. The number of allylic oxidation sites excluding steroid dienone is 1. The summed E-state index contributed by atoms with van der Waals surface area (Å²) in [6.45, 7) is 10.9. The SMILES string of the molecule is CC(C)NCCOc1ccc2c(c1)CN(C(=O)O[C@@H]1CC3C(=O)N[C@]4(C(=O)NS(=O)(=O)C5CC5)C[C@H]4/C=C\CCCCC[C@H](NC(=O)OC(C)(C)C)C(=O)N3C1)C2. The fraction of sp³-hybridized carbons (Fsp3) is 0.675. The van der Waals surface area contributed by atoms with Crippen molar-refractivity contribution in [3.63, 3.8) is 0 Å². The molecule has 0 aromatic heterocycles. The number of carbonyl (C=O) groups excluding carboxylic acids is 5. The number of ether oxygens (including phenoxy) is 3. The van der Waals surface area contributed by atoms with E-state index in [0.717, 1.165) is 24.0 Å². The number of sulfonamides is 1. The Morgan fingerprint density at radius 1 is 1.04 bits per heavy atom. The number of benzene rings is 1. The second kappa shape index (κ2) is 17.2. The molecule has 0 bridgehead atoms. The summed E-state index contributed by atoms with van der Waals surface area (Å²) in [4.78, 5) is 71.9. The van der Waals surface area contributed by atoms with Crippen LogP contribution in [0.5, 0.6) is 5.75 Å². The van der Waals surface area contributed by atoms with Crippen LogP contribution in [0.3, 0.4) is 0 Å². The Balaban J connectivity index is 1.19. The molecule has 314 valence electrons. The van der Waals surface area contributed by atoms with E-state index < -0.39 is 80.4 Å². The van der Waals surface area contributed by atoms with Crippen LogP contribution in [0.2, 0.25) is 0 Å². The van der Waals surface area contributed by atoms with Crippen molar-refractivity contribution in [1.29, 1.82) is 0 Å². The molecule has 3 heterocycles. The van der Waals surface area contributed by atoms with Crippen LogP contribution in [0.4, 0.5) is 9.59 Å². The van der Waals surface area contributed by atoms with Gasteiger partial charge in [0.2, 0.25) is 21.8 Å². The van der Waals surface area contributed by atoms with E-state index in [1.165, 1.54) is 4.90 Å². The maximum atomic E-state index is 14.4. The molecule has 57 heavy (non-hydrogen) atoms. The monoisotopic (exact) mass is 814 g/mol. The fourth-order valence-corrected chi connectivity index (χ4v) is 8.98. The first-order valence-electron chi connectivity index (χ1n) is 20.2. The highest BCUT2D eigenvalue weighted by molar-refractivity contribution is 7.91. The highest BCUT2D eigenvalue weighted by Crippen LogP contribution is 2.46. The van der Waals surface area contributed by atoms with Gasteiger partial charge in [-0.15, -0.1) is 0 Å². The Labute approximate surface area is 335 Å². The summed E-state index contributed by atoms with van der Waals surface area (Å²) >= 11 is 0. The van der Waals surface area contributed by atoms with Gasteiger partial charge in [-0.25, -0.2) is 18.0 Å². The minimum atomic E-state index is -3.91. The molecule has 0 radical (unpaired) electrons. The lowest BCUT2D eigenvalue weighted by molar-refractivity contribution is -0.141. The summed E-state index contributed by atoms with van der Waals surface area (Å²) in [6, 6.07) is 3.79. The number of hydrogen-bond acceptors (Lipinski definition) is 11. The molecular formula is C40H58N6O10S. The van der Waals surface area contributed by atoms with E-state index >= 15 is 0 Å². The van der Waals surface area contributed by atoms with Crippen LogP contribution in [0.1, 0.15) is 104 Å². The summed E-state index contributed by atoms with van der Waals surface area (Å²) in [5.41, 5.74) is -0.496. The molecule has 3 aliphatic heterocycles. The fourth-order valence-electron chi connectivity index (χ4n) is 7.62. The standard InChI is InChI=1S/C40H58N6O10S/c1-25(2)41-17-18-54-29-14-13-26-22-45(23-27(26)19-29)38(51)55-30-20-33-34(47)43-40(36(49)44-57(52,53)31-15-16-31)21-28(40)11-9-7-6-8-10-12-32(35(48)46(33)24-30)42-37(50)56-39(3,4)5/h9,11,13-14,19,25,28,30-33,41H,6-8,10,12,15-18,20-24H2,1-5H3,(H,42,50)(H,43,47)(H,44,49)/b11-9-/t28-,30-,32+,33?,40-/m1/s1. The van der Waals surface area contributed by atoms with Crippen LogP contribution < -0.4 is 25.4 Å². The van der Waals surface area contributed by atoms with Crippen molar-refractivity contribution in [3.05, 3.63) is 41.5 Å². The molecule has 16 nitrogen and oxygen atoms in total. The number of nitrogens with one attached hydrogen (secondary N) is 4. The average Bonchev–Trinajstić information content (AvgIpc) is 4.01. The van der Waals surface area contributed by atoms with Crippen LogP contribution in [-0.4, -0.2) is 108 Å². The quantitative estimate of drug-likeness (QED) is 0.199. The van der Waals surface area contributed by atoms with Crippen LogP contribution in [-0.2, 0) is 47.0 Å². The van der Waals surface area contributed by atoms with Gasteiger partial charge in [0.25, 0.3) is 5.91 Å². The third kappa shape index (κ3) is 10.8. The lowest BCUT2D eigenvalue weighted by Crippen LogP contribution is -2.58. The van der Waals surface area contributed by atoms with Gasteiger partial charge in [0.1, 0.15) is 41.7 Å². The van der Waals surface area contributed by atoms with Crippen LogP contribution in [0.25, 0.3) is 0 Å². The first-order chi connectivity index (χ1) is 26.9. The van der Waals surface area contributed by atoms with E-state index in [1.54, 1.807) is 25.7 Å². The normalized spacial score (nSPS) is 27.2. The Morgan fingerprint density at radius 3 is 2.51 bits per heavy atom. The van der Waals surface area contributed by atoms with Crippen LogP contribution in [0, 0.1) is 5.92 Å². The number of fused-ring (bicyclic) bond motifs is 3. The predicted molar refractivity (Wildman–Crippen MR) is 209 cm³/mol. The Bertz CT molecular complexity index is 1840. The lowest BCUT2D eigenvalue weighted by atomic mass is 10.0. The number of carbonyl (C=O) groups is 5. The van der Waals surface area contributed by atoms with Gasteiger partial charge in [0.05, 0.1) is 11.8 Å². The van der Waals surface area contributed by atoms with Crippen LogP contribution >= 0.6 is 0 Å². The van der Waals surface area contributed by atoms with Crippen molar-refractivity contribution in [1.82, 2.24) is 30.5 Å². The third-order valence-corrected chi connectivity index (χ3v) is 12.7. The minimum absolute atomic E-state index is 0.0791. The first-order valence-corrected chi connectivity index (χ1v) is 21.8. The maximum Gasteiger partial charge on any atom is 0.410 e. The largest absolute Gasteiger partial charge is 0.492 e. The summed E-state index contributed by atoms with van der Waals surface area (Å²) in [6.07, 6.45) is 5.53. The van der Waals surface area contributed by atoms with Crippen LogP contribution in [0.15, 0.2) is 30.4 Å². The second-order valence-corrected chi connectivity index (χ2v) is 19.2. The molecule has 17 heteroatoms. The molecule has 1 saturated heterocycles. The van der Waals surface area contributed by atoms with Crippen molar-refractivity contribution in [2.45, 2.75) is 146 Å². The molecule has 3 fully saturated rings. The van der Waals surface area contributed by atoms with Gasteiger partial charge in [-0.3, -0.25) is 24.0 Å². The van der Waals surface area contributed by atoms with Crippen molar-refractivity contribution >= 4 is 39.9 Å². The van der Waals surface area contributed by atoms with Gasteiger partial charge in [-0.1, -0.05) is 44.9 Å². The lowest BCUT2D eigenvalue weighted by Gasteiger charge is -2.30. The molecule has 1 aromatic rings. The van der Waals surface area contributed by atoms with Gasteiger partial charge in [0.15, 0.2) is 0 Å². The zero-order valence-corrected chi connectivity index (χ0v) is 34.5. The molecule has 0 spiro atoms. The maximum absolute atomic E-state index is 14.4. The number of rotatable bonds is 10. The molecule has 2 aliphatic carbocycles. The molecule has 6 rings (SSSR count). The van der Waals surface area contributed by atoms with Gasteiger partial charge < -0.3 is 35.1 Å². The van der Waals surface area contributed by atoms with Crippen molar-refractivity contribution in [2.75, 3.05) is 19.7 Å². The molecular weight excluding hydrogens is 757 g/mol. The summed E-state index contributed by atoms with van der Waals surface area (Å²) in [5, 5.41) is 8.20. The Hall–Kier alpha value is -4.38. The molecule has 5 amide bonds. The van der Waals surface area contributed by atoms with Gasteiger partial charge in [0, 0.05) is 38.0 Å². The van der Waals surface area contributed by atoms with E-state index in [2.05, 4.69) is 34.5 Å². The Morgan fingerprint density at radius 2 is 1.79 bits per heavy atom. The van der Waals surface area contributed by atoms with Gasteiger partial charge in [-0.2, -0.15) is 0 Å². The van der Waals surface area contributed by atoms with E-state index in [-0.39, 0.29) is 32.4 Å². The van der Waals surface area contributed by atoms with Gasteiger partial charge >= 0.3 is 12.2 Å². The van der Waals surface area contributed by atoms with E-state index in [0.29, 0.717) is 57.2 Å². The second-order valence-electron chi connectivity index (χ2n) is 17.2. The van der Waals surface area contributed by atoms with Crippen molar-refractivity contribution in [2.24, 2.45) is 5.92 Å². The zero-order chi connectivity index (χ0) is 41.1. The smallest absolute Gasteiger partial charge is 0.410 e. The average molecular weight is 815 g/mol. The topological polar surface area (TPSA) is 202 Å². The number of nitrogens with zero attached hydrogens (tertiary/aromatic N) is 2. The first kappa shape index (κ1) is 42.2. The predicted octanol–water partition coefficient (Wildman–Crippen LogP) is 3.38. The highest BCUT2D eigenvalue weighted by atomic mass is 32.2. The third-order valence-electron chi connectivity index (χ3n) is 10.9.